The number of hydrogen-bond donors (Lipinski definition) is 0. The van der Waals surface area contributed by atoms with Crippen LogP contribution in [0.15, 0.2) is 45.8 Å². The normalized spacial score (nSPS) is 14.2. The van der Waals surface area contributed by atoms with Crippen LogP contribution in [-0.2, 0) is 6.42 Å². The first-order chi connectivity index (χ1) is 14.5. The van der Waals surface area contributed by atoms with Crippen molar-refractivity contribution in [3.05, 3.63) is 68.9 Å². The Bertz CT molecular complexity index is 1120. The van der Waals surface area contributed by atoms with Crippen LogP contribution < -0.4 is 10.5 Å². The van der Waals surface area contributed by atoms with Crippen molar-refractivity contribution in [2.75, 3.05) is 31.1 Å². The predicted molar refractivity (Wildman–Crippen MR) is 114 cm³/mol. The average Bonchev–Trinajstić information content (AvgIpc) is 3.16. The minimum Gasteiger partial charge on any atom is -0.365 e. The first-order valence-electron chi connectivity index (χ1n) is 9.84. The van der Waals surface area contributed by atoms with E-state index in [4.69, 9.17) is 16.1 Å². The quantitative estimate of drug-likeness (QED) is 0.636. The maximum atomic E-state index is 12.9. The van der Waals surface area contributed by atoms with Crippen LogP contribution in [0.25, 0.3) is 5.69 Å². The largest absolute Gasteiger partial charge is 0.365 e. The van der Waals surface area contributed by atoms with Gasteiger partial charge in [-0.05, 0) is 19.1 Å². The lowest BCUT2D eigenvalue weighted by Crippen LogP contribution is -2.49. The molecule has 1 aliphatic rings. The van der Waals surface area contributed by atoms with Crippen molar-refractivity contribution in [1.29, 1.82) is 0 Å². The highest BCUT2D eigenvalue weighted by Gasteiger charge is 2.28. The number of anilines is 1. The molecule has 3 aromatic rings. The molecule has 0 spiro atoms. The number of amides is 1. The van der Waals surface area contributed by atoms with Gasteiger partial charge in [0.25, 0.3) is 11.5 Å². The molecule has 1 fully saturated rings. The lowest BCUT2D eigenvalue weighted by atomic mass is 10.1. The van der Waals surface area contributed by atoms with Crippen LogP contribution in [0.5, 0.6) is 0 Å². The van der Waals surface area contributed by atoms with Crippen molar-refractivity contribution >= 4 is 23.2 Å². The predicted octanol–water partition coefficient (Wildman–Crippen LogP) is 2.71. The maximum Gasteiger partial charge on any atom is 0.292 e. The molecule has 0 N–H and O–H groups in total. The van der Waals surface area contributed by atoms with Gasteiger partial charge in [-0.2, -0.15) is 9.78 Å². The zero-order valence-corrected chi connectivity index (χ0v) is 17.6. The summed E-state index contributed by atoms with van der Waals surface area (Å²) in [6.07, 6.45) is 2.22. The molecule has 1 amide bonds. The lowest BCUT2D eigenvalue weighted by Gasteiger charge is -2.36. The van der Waals surface area contributed by atoms with Crippen LogP contribution in [0.3, 0.4) is 0 Å². The van der Waals surface area contributed by atoms with E-state index in [0.717, 1.165) is 0 Å². The first-order valence-corrected chi connectivity index (χ1v) is 10.2. The van der Waals surface area contributed by atoms with Crippen LogP contribution in [0.4, 0.5) is 5.69 Å². The molecule has 1 aliphatic heterocycles. The molecule has 0 saturated carbocycles. The second-order valence-electron chi connectivity index (χ2n) is 7.10. The topological polar surface area (TPSA) is 84.5 Å². The molecule has 0 radical (unpaired) electrons. The number of nitrogens with zero attached hydrogens (tertiary/aromatic N) is 5. The molecule has 0 bridgehead atoms. The van der Waals surface area contributed by atoms with Gasteiger partial charge in [-0.3, -0.25) is 9.59 Å². The summed E-state index contributed by atoms with van der Waals surface area (Å²) in [6.45, 7) is 5.82. The number of piperazine rings is 1. The summed E-state index contributed by atoms with van der Waals surface area (Å²) in [4.78, 5) is 29.4. The van der Waals surface area contributed by atoms with E-state index in [1.807, 2.05) is 30.0 Å². The van der Waals surface area contributed by atoms with Crippen molar-refractivity contribution in [3.63, 3.8) is 0 Å². The standard InChI is InChI=1S/C21H22ClN5O3/c1-3-17-18(14(2)24-30-17)20(28)26-11-9-25(10-12-26)16-13-23-27(21(29)19(16)22)15-7-5-4-6-8-15/h4-8,13H,3,9-12H2,1-2H3. The highest BCUT2D eigenvalue weighted by Crippen LogP contribution is 2.24. The van der Waals surface area contributed by atoms with Gasteiger partial charge in [-0.1, -0.05) is 41.9 Å². The van der Waals surface area contributed by atoms with E-state index < -0.39 is 0 Å². The van der Waals surface area contributed by atoms with E-state index in [-0.39, 0.29) is 16.5 Å². The molecule has 4 rings (SSSR count). The Balaban J connectivity index is 1.51. The fourth-order valence-electron chi connectivity index (χ4n) is 3.64. The summed E-state index contributed by atoms with van der Waals surface area (Å²) >= 11 is 6.41. The minimum atomic E-state index is -0.369. The zero-order valence-electron chi connectivity index (χ0n) is 16.8. The third kappa shape index (κ3) is 3.59. The summed E-state index contributed by atoms with van der Waals surface area (Å²) in [5, 5.41) is 8.34. The third-order valence-electron chi connectivity index (χ3n) is 5.28. The molecular formula is C21H22ClN5O3. The van der Waals surface area contributed by atoms with E-state index in [1.54, 1.807) is 30.2 Å². The van der Waals surface area contributed by atoms with Crippen molar-refractivity contribution < 1.29 is 9.32 Å². The summed E-state index contributed by atoms with van der Waals surface area (Å²) in [7, 11) is 0. The number of aromatic nitrogens is 3. The third-order valence-corrected chi connectivity index (χ3v) is 5.63. The van der Waals surface area contributed by atoms with E-state index in [2.05, 4.69) is 10.3 Å². The number of benzene rings is 1. The van der Waals surface area contributed by atoms with Gasteiger partial charge in [0.1, 0.15) is 16.3 Å². The van der Waals surface area contributed by atoms with Gasteiger partial charge in [0.2, 0.25) is 0 Å². The number of halogens is 1. The van der Waals surface area contributed by atoms with Gasteiger partial charge in [-0.25, -0.2) is 0 Å². The molecule has 3 heterocycles. The smallest absolute Gasteiger partial charge is 0.292 e. The van der Waals surface area contributed by atoms with Crippen LogP contribution in [-0.4, -0.2) is 51.9 Å². The van der Waals surface area contributed by atoms with E-state index >= 15 is 0 Å². The molecule has 9 heteroatoms. The number of hydrogen-bond acceptors (Lipinski definition) is 6. The van der Waals surface area contributed by atoms with Crippen LogP contribution in [0.2, 0.25) is 5.02 Å². The molecule has 8 nitrogen and oxygen atoms in total. The zero-order chi connectivity index (χ0) is 21.3. The van der Waals surface area contributed by atoms with Crippen molar-refractivity contribution in [3.8, 4) is 5.69 Å². The molecule has 1 aromatic carbocycles. The number of rotatable bonds is 4. The Kier molecular flexibility index (Phi) is 5.59. The molecule has 0 aliphatic carbocycles. The van der Waals surface area contributed by atoms with Gasteiger partial charge in [-0.15, -0.1) is 0 Å². The number of carbonyl (C=O) groups is 1. The summed E-state index contributed by atoms with van der Waals surface area (Å²) in [5.74, 6) is 0.533. The Morgan fingerprint density at radius 2 is 1.87 bits per heavy atom. The van der Waals surface area contributed by atoms with Crippen LogP contribution >= 0.6 is 11.6 Å². The van der Waals surface area contributed by atoms with Gasteiger partial charge in [0.15, 0.2) is 0 Å². The van der Waals surface area contributed by atoms with E-state index in [9.17, 15) is 9.59 Å². The fourth-order valence-corrected chi connectivity index (χ4v) is 3.89. The highest BCUT2D eigenvalue weighted by atomic mass is 35.5. The Morgan fingerprint density at radius 3 is 2.53 bits per heavy atom. The summed E-state index contributed by atoms with van der Waals surface area (Å²) in [5.41, 5.74) is 2.03. The van der Waals surface area contributed by atoms with Crippen molar-refractivity contribution in [2.24, 2.45) is 0 Å². The SMILES string of the molecule is CCc1onc(C)c1C(=O)N1CCN(c2cnn(-c3ccccc3)c(=O)c2Cl)CC1. The molecular weight excluding hydrogens is 406 g/mol. The Morgan fingerprint density at radius 1 is 1.17 bits per heavy atom. The molecule has 1 saturated heterocycles. The maximum absolute atomic E-state index is 12.9. The number of aryl methyl sites for hydroxylation is 2. The minimum absolute atomic E-state index is 0.0750. The van der Waals surface area contributed by atoms with Gasteiger partial charge >= 0.3 is 0 Å². The molecule has 156 valence electrons. The Labute approximate surface area is 178 Å². The molecule has 2 aromatic heterocycles. The fraction of sp³-hybridized carbons (Fsp3) is 0.333. The van der Waals surface area contributed by atoms with E-state index in [0.29, 0.717) is 61.0 Å². The van der Waals surface area contributed by atoms with Crippen LogP contribution in [0, 0.1) is 6.92 Å². The summed E-state index contributed by atoms with van der Waals surface area (Å²) in [6, 6.07) is 9.14. The number of para-hydroxylation sites is 1. The molecule has 0 atom stereocenters. The second kappa shape index (κ2) is 8.31. The Hall–Kier alpha value is -3.13. The second-order valence-corrected chi connectivity index (χ2v) is 7.47. The lowest BCUT2D eigenvalue weighted by molar-refractivity contribution is 0.0744. The number of carbonyl (C=O) groups excluding carboxylic acids is 1. The van der Waals surface area contributed by atoms with Gasteiger partial charge in [0, 0.05) is 32.6 Å². The summed E-state index contributed by atoms with van der Waals surface area (Å²) < 4.78 is 6.54. The van der Waals surface area contributed by atoms with Crippen molar-refractivity contribution in [1.82, 2.24) is 19.8 Å². The van der Waals surface area contributed by atoms with Gasteiger partial charge < -0.3 is 14.3 Å². The molecule has 30 heavy (non-hydrogen) atoms. The monoisotopic (exact) mass is 427 g/mol. The van der Waals surface area contributed by atoms with E-state index in [1.165, 1.54) is 4.68 Å². The van der Waals surface area contributed by atoms with Crippen molar-refractivity contribution in [2.45, 2.75) is 20.3 Å². The van der Waals surface area contributed by atoms with Gasteiger partial charge in [0.05, 0.1) is 23.3 Å². The highest BCUT2D eigenvalue weighted by molar-refractivity contribution is 6.33. The molecule has 0 unspecified atom stereocenters. The van der Waals surface area contributed by atoms with Crippen LogP contribution in [0.1, 0.15) is 28.7 Å². The first kappa shape index (κ1) is 20.2. The average molecular weight is 428 g/mol.